The van der Waals surface area contributed by atoms with Gasteiger partial charge in [-0.15, -0.1) is 0 Å². The maximum absolute atomic E-state index is 15.1. The molecule has 0 radical (unpaired) electrons. The van der Waals surface area contributed by atoms with E-state index in [4.69, 9.17) is 197 Å². The van der Waals surface area contributed by atoms with Gasteiger partial charge in [-0.25, -0.2) is 33.9 Å². The van der Waals surface area contributed by atoms with Crippen molar-refractivity contribution in [3.8, 4) is 0 Å². The van der Waals surface area contributed by atoms with Crippen LogP contribution >= 0.6 is 47.1 Å². The maximum Gasteiger partial charge on any atom is 0.351 e. The summed E-state index contributed by atoms with van der Waals surface area (Å²) in [5.41, 5.74) is 8.33. The number of rotatable bonds is 41. The number of nitrogens with zero attached hydrogens (tertiary/aromatic N) is 12. The van der Waals surface area contributed by atoms with E-state index in [9.17, 15) is 76.9 Å². The molecule has 0 aliphatic carbocycles. The Balaban J connectivity index is 0.617. The lowest BCUT2D eigenvalue weighted by molar-refractivity contribution is -0.221. The van der Waals surface area contributed by atoms with Crippen LogP contribution in [0.5, 0.6) is 0 Å². The summed E-state index contributed by atoms with van der Waals surface area (Å²) < 4.78 is 147. The van der Waals surface area contributed by atoms with Gasteiger partial charge in [-0.05, 0) is 41.0 Å². The number of H-pyrrole nitrogens is 6. The highest BCUT2D eigenvalue weighted by atomic mass is 32.7. The summed E-state index contributed by atoms with van der Waals surface area (Å²) in [6, 6.07) is 0. The van der Waals surface area contributed by atoms with Crippen LogP contribution < -0.4 is 108 Å². The Hall–Kier alpha value is -6.90. The number of imidazole rings is 2. The number of hydrogen-bond donors (Lipinski definition) is 9. The molecule has 7 saturated heterocycles. The number of aromatic nitrogens is 18. The highest BCUT2D eigenvalue weighted by Gasteiger charge is 2.50. The number of ether oxygens (including phenoxy) is 7. The van der Waals surface area contributed by atoms with Gasteiger partial charge in [0.25, 0.3) is 33.4 Å². The minimum atomic E-state index is -5.11. The van der Waals surface area contributed by atoms with Gasteiger partial charge >= 0.3 is 28.4 Å². The fraction of sp³-hybridized carbons (Fsp3) is 0.583. The van der Waals surface area contributed by atoms with Crippen LogP contribution in [0.3, 0.4) is 0 Å². The third-order valence-corrected chi connectivity index (χ3v) is 35.0. The number of nitrogens with one attached hydrogen (secondary N) is 6. The first kappa shape index (κ1) is 112. The van der Waals surface area contributed by atoms with Crippen LogP contribution in [-0.2, 0) is 184 Å². The predicted octanol–water partition coefficient (Wildman–Crippen LogP) is -3.97. The third kappa shape index (κ3) is 26.2. The second kappa shape index (κ2) is 44.7. The largest absolute Gasteiger partial charge is 0.780 e. The van der Waals surface area contributed by atoms with Gasteiger partial charge in [-0.2, -0.15) is 15.0 Å². The number of nitrogen functional groups attached to an aromatic ring is 3. The van der Waals surface area contributed by atoms with E-state index < -0.39 is 310 Å². The standard InChI is InChI=1S/C72H96N21O39P7S7/c1-8-34-35(9-48(119-34)87-16-29(2)57(73)78-68(87)100)127-134(106,141)113-22-43-37(11-50(121-43)89-18-31(4)61(95)84-70(89)102)130-137(109,144)117-25-46-41(15-54(124-46)93-28-77-56-59(93)80-67(75)82-65(56)99)132-139(111,146)118-26-47-40(14-53(125-47)92-27-76-55-58(92)79-66(74)81-64(55)98)131-138(110,145)116-24-45-39(13-52(123-45)91-20-33(6)63(97)86-72(91)104)129-136(108,143)115-23-44-38(12-51(122-44)90-19-32(5)62(96)85-71(90)103)128-135(107,142)114-21-42-36(126-133(105,140)112-7)10-49(120-42)88-17-30(3)60(94)83-69(88)101/h16-20,27-28,34-54H,8-15,21-26H2,1-7H3,(H,105,140)(H,106,141)(H,107,142)(H,108,143)(H,109,144)(H,110,145)(H,111,146)(H2,73,78,100)(H,83,94,101)(H,84,95,102)(H,85,96,103)(H,86,97,104)(H3,74,79,81,98)(H3,75,80,82,99)/p-7/t34-,35?,36?,37?,38?,39?,40?,41?,42-,43-,44-,45-,46-,47-,48-,49-,50-,51-,52-,53-,54-,133?,134?,135?,136?,137?,138?,139?/m1/s1. The molecule has 74 heteroatoms. The maximum atomic E-state index is 15.1. The molecule has 146 heavy (non-hydrogen) atoms. The van der Waals surface area contributed by atoms with Gasteiger partial charge in [-0.1, -0.05) is 77.8 Å². The van der Waals surface area contributed by atoms with E-state index in [2.05, 4.69) is 54.8 Å². The van der Waals surface area contributed by atoms with E-state index in [1.54, 1.807) is 13.8 Å². The first-order chi connectivity index (χ1) is 68.5. The molecular formula is C72H89N21O39P7S7-7. The van der Waals surface area contributed by atoms with E-state index in [1.807, 2.05) is 0 Å². The predicted molar refractivity (Wildman–Crippen MR) is 515 cm³/mol. The van der Waals surface area contributed by atoms with Crippen LogP contribution in [0.25, 0.3) is 22.3 Å². The summed E-state index contributed by atoms with van der Waals surface area (Å²) in [5, 5.41) is 0. The Morgan fingerprint density at radius 2 is 0.603 bits per heavy atom. The van der Waals surface area contributed by atoms with Gasteiger partial charge in [0.05, 0.1) is 101 Å². The lowest BCUT2D eigenvalue weighted by atomic mass is 10.1. The lowest BCUT2D eigenvalue weighted by Gasteiger charge is -2.36. The zero-order chi connectivity index (χ0) is 105. The Morgan fingerprint density at radius 3 is 0.890 bits per heavy atom. The number of nitrogens with two attached hydrogens (primary N) is 3. The van der Waals surface area contributed by atoms with Crippen molar-refractivity contribution in [3.05, 3.63) is 186 Å². The fourth-order valence-electron chi connectivity index (χ4n) is 16.8. The number of aromatic amines is 6. The van der Waals surface area contributed by atoms with Gasteiger partial charge in [0.15, 0.2) is 29.1 Å². The van der Waals surface area contributed by atoms with Crippen LogP contribution in [0.15, 0.2) is 96.4 Å². The van der Waals surface area contributed by atoms with Crippen LogP contribution in [0.4, 0.5) is 17.7 Å². The highest BCUT2D eigenvalue weighted by molar-refractivity contribution is 8.32. The molecule has 0 saturated carbocycles. The summed E-state index contributed by atoms with van der Waals surface area (Å²) in [7, 11) is 1.00. The van der Waals surface area contributed by atoms with Crippen molar-refractivity contribution in [2.24, 2.45) is 0 Å². The molecule has 9 aromatic rings. The Bertz CT molecular complexity index is 7590. The van der Waals surface area contributed by atoms with Gasteiger partial charge < -0.3 is 155 Å². The third-order valence-electron chi connectivity index (χ3n) is 24.0. The van der Waals surface area contributed by atoms with Crippen LogP contribution in [-0.4, -0.2) is 219 Å². The average molecular weight is 2310 g/mol. The van der Waals surface area contributed by atoms with Gasteiger partial charge in [0.1, 0.15) is 126 Å². The number of fused-ring (bicyclic) bond motifs is 2. The van der Waals surface area contributed by atoms with Crippen LogP contribution in [0.1, 0.15) is 130 Å². The van der Waals surface area contributed by atoms with Crippen molar-refractivity contribution < 1.29 is 130 Å². The molecule has 12 N–H and O–H groups in total. The summed E-state index contributed by atoms with van der Waals surface area (Å²) in [6.45, 7) is -30.5. The monoisotopic (exact) mass is 2310 g/mol. The molecule has 0 bridgehead atoms. The summed E-state index contributed by atoms with van der Waals surface area (Å²) in [5.74, 6) is -0.754. The topological polar surface area (TPSA) is 809 Å². The summed E-state index contributed by atoms with van der Waals surface area (Å²) in [6.07, 6.45) is -23.8. The second-order valence-corrected chi connectivity index (χ2v) is 53.1. The summed E-state index contributed by atoms with van der Waals surface area (Å²) >= 11 is 37.8. The highest BCUT2D eigenvalue weighted by Crippen LogP contribution is 2.57. The summed E-state index contributed by atoms with van der Waals surface area (Å²) in [4.78, 5) is 263. The molecule has 0 spiro atoms. The SMILES string of the molecule is CC[C@H]1O[C@@H](n2cc(C)c(N)nc2=O)CC1OP([O-])(=S)OC[C@H]1O[C@@H](n2cc(C)c(=O)[nH]c2=O)CC1OP(=O)([S-])OC[C@H]1O[C@@H](n2cnc3c(=O)[nH]c(N)nc32)CC1OP([O-])(=S)OC[C@H]1O[C@@H](n2cnc3c(=O)[nH]c(N)nc32)CC1OP([O-])(=S)OC[C@H]1O[C@@H](n2cc(C)c(=O)[nH]c2=O)CC1OP([O-])(=S)OC[C@H]1O[C@@H](n2cc(C)c(=O)[nH]c2=O)CC1OP([O-])(=S)OC[C@H]1O[C@@H](n2cc(C)c(=O)[nH]c2=O)CC1OP([O-])(=S)OC. The van der Waals surface area contributed by atoms with Crippen LogP contribution in [0.2, 0.25) is 0 Å². The van der Waals surface area contributed by atoms with E-state index >= 15 is 9.79 Å². The molecule has 0 amide bonds. The first-order valence-electron chi connectivity index (χ1n) is 43.6. The molecule has 9 aromatic heterocycles. The van der Waals surface area contributed by atoms with Gasteiger partial charge in [0.2, 0.25) is 11.9 Å². The van der Waals surface area contributed by atoms with E-state index in [1.165, 1.54) is 60.0 Å². The quantitative estimate of drug-likeness (QED) is 0.0130. The molecule has 800 valence electrons. The number of aryl methyl sites for hydroxylation is 5. The van der Waals surface area contributed by atoms with Gasteiger partial charge in [-0.3, -0.25) is 95.2 Å². The fourth-order valence-corrected chi connectivity index (χ4v) is 26.5. The number of hydrogen-bond acceptors (Lipinski definition) is 54. The Morgan fingerprint density at radius 1 is 0.356 bits per heavy atom. The first-order valence-corrected chi connectivity index (χ1v) is 61.5. The molecule has 16 rings (SSSR count). The lowest BCUT2D eigenvalue weighted by Crippen LogP contribution is -2.35. The molecule has 60 nitrogen and oxygen atoms in total. The zero-order valence-electron chi connectivity index (χ0n) is 76.6. The molecule has 7 aliphatic heterocycles. The number of anilines is 3. The molecule has 16 heterocycles. The zero-order valence-corrected chi connectivity index (χ0v) is 88.6. The average Bonchev–Trinajstić information content (AvgIpc) is 1.64. The van der Waals surface area contributed by atoms with Gasteiger partial charge in [0, 0.05) is 111 Å². The second-order valence-electron chi connectivity index (χ2n) is 34.0. The molecule has 0 aromatic carbocycles. The molecule has 28 atom stereocenters. The van der Waals surface area contributed by atoms with Crippen molar-refractivity contribution in [3.63, 3.8) is 0 Å². The molecule has 7 aliphatic rings. The van der Waals surface area contributed by atoms with Crippen molar-refractivity contribution >= 4 is 170 Å². The molecular weight excluding hydrogens is 2220 g/mol. The Labute approximate surface area is 853 Å². The molecule has 14 unspecified atom stereocenters. The molecule has 7 fully saturated rings. The minimum absolute atomic E-state index is 0.00645. The Kier molecular flexibility index (Phi) is 34.2. The van der Waals surface area contributed by atoms with E-state index in [0.717, 1.165) is 50.4 Å². The van der Waals surface area contributed by atoms with E-state index in [-0.39, 0.29) is 81.6 Å². The van der Waals surface area contributed by atoms with Crippen molar-refractivity contribution in [1.29, 1.82) is 0 Å². The van der Waals surface area contributed by atoms with Crippen molar-refractivity contribution in [2.75, 3.05) is 64.0 Å². The van der Waals surface area contributed by atoms with Crippen molar-refractivity contribution in [1.82, 2.24) is 86.8 Å². The smallest absolute Gasteiger partial charge is 0.351 e. The van der Waals surface area contributed by atoms with Crippen LogP contribution in [0, 0.1) is 34.6 Å². The van der Waals surface area contributed by atoms with E-state index in [0.29, 0.717) is 5.56 Å². The normalized spacial score (nSPS) is 29.4. The van der Waals surface area contributed by atoms with Crippen molar-refractivity contribution in [2.45, 2.75) is 222 Å². The minimum Gasteiger partial charge on any atom is -0.780 e.